The number of rotatable bonds is 6. The number of nitrogens with zero attached hydrogens (tertiary/aromatic N) is 3. The van der Waals surface area contributed by atoms with Crippen molar-refractivity contribution in [3.63, 3.8) is 0 Å². The largest absolute Gasteiger partial charge is 0.497 e. The third-order valence-electron chi connectivity index (χ3n) is 8.32. The molecule has 0 atom stereocenters. The van der Waals surface area contributed by atoms with Crippen LogP contribution < -0.4 is 15.0 Å². The lowest BCUT2D eigenvalue weighted by Crippen LogP contribution is -2.26. The number of methoxy groups -OCH3 is 1. The van der Waals surface area contributed by atoms with E-state index in [0.29, 0.717) is 28.4 Å². The molecule has 1 aliphatic rings. The predicted octanol–water partition coefficient (Wildman–Crippen LogP) is 8.94. The average Bonchev–Trinajstić information content (AvgIpc) is 3.26. The molecule has 0 radical (unpaired) electrons. The molecule has 44 heavy (non-hydrogen) atoms. The van der Waals surface area contributed by atoms with Crippen LogP contribution in [0.1, 0.15) is 49.4 Å². The van der Waals surface area contributed by atoms with E-state index in [1.54, 1.807) is 7.11 Å². The fraction of sp³-hybridized carbons (Fsp3) is 0.184. The van der Waals surface area contributed by atoms with Crippen LogP contribution >= 0.6 is 0 Å². The van der Waals surface area contributed by atoms with Crippen molar-refractivity contribution in [3.8, 4) is 5.75 Å². The SMILES string of the molecule is COc1ccc2nc3c(cc2c1)C(=O)N(c1c(C)cccc1C)/C3=C(/C=Nc1c(C)cccc1C)Nc1c(C)cccc1C. The lowest BCUT2D eigenvalue weighted by atomic mass is 10.1. The van der Waals surface area contributed by atoms with E-state index in [-0.39, 0.29) is 5.91 Å². The summed E-state index contributed by atoms with van der Waals surface area (Å²) in [5.41, 5.74) is 12.3. The van der Waals surface area contributed by atoms with Crippen LogP contribution in [0.5, 0.6) is 5.75 Å². The number of para-hydroxylation sites is 3. The molecule has 1 aliphatic heterocycles. The number of aryl methyl sites for hydroxylation is 6. The highest BCUT2D eigenvalue weighted by Crippen LogP contribution is 2.42. The Hall–Kier alpha value is -5.23. The molecule has 0 unspecified atom stereocenters. The Bertz CT molecular complexity index is 1960. The number of pyridine rings is 1. The van der Waals surface area contributed by atoms with Crippen molar-refractivity contribution < 1.29 is 9.53 Å². The maximum absolute atomic E-state index is 14.5. The number of carbonyl (C=O) groups is 1. The van der Waals surface area contributed by atoms with Crippen LogP contribution in [0.4, 0.5) is 17.1 Å². The molecular weight excluding hydrogens is 544 g/mol. The molecule has 0 bridgehead atoms. The summed E-state index contributed by atoms with van der Waals surface area (Å²) >= 11 is 0. The summed E-state index contributed by atoms with van der Waals surface area (Å²) in [6.45, 7) is 12.4. The monoisotopic (exact) mass is 580 g/mol. The summed E-state index contributed by atoms with van der Waals surface area (Å²) in [6.07, 6.45) is 1.85. The van der Waals surface area contributed by atoms with E-state index < -0.39 is 0 Å². The Morgan fingerprint density at radius 2 is 1.39 bits per heavy atom. The van der Waals surface area contributed by atoms with Crippen LogP contribution in [0.25, 0.3) is 16.6 Å². The summed E-state index contributed by atoms with van der Waals surface area (Å²) < 4.78 is 5.47. The van der Waals surface area contributed by atoms with Crippen LogP contribution in [0.3, 0.4) is 0 Å². The van der Waals surface area contributed by atoms with Gasteiger partial charge in [-0.1, -0.05) is 54.6 Å². The molecule has 0 saturated carbocycles. The molecule has 0 fully saturated rings. The normalized spacial score (nSPS) is 14.0. The van der Waals surface area contributed by atoms with E-state index in [0.717, 1.165) is 61.3 Å². The fourth-order valence-corrected chi connectivity index (χ4v) is 6.01. The number of fused-ring (bicyclic) bond motifs is 2. The van der Waals surface area contributed by atoms with Gasteiger partial charge in [0.25, 0.3) is 5.91 Å². The number of allylic oxidation sites excluding steroid dienone is 1. The van der Waals surface area contributed by atoms with Gasteiger partial charge in [0.2, 0.25) is 0 Å². The van der Waals surface area contributed by atoms with Gasteiger partial charge in [-0.15, -0.1) is 0 Å². The molecule has 5 aromatic rings. The van der Waals surface area contributed by atoms with Crippen molar-refractivity contribution in [1.29, 1.82) is 0 Å². The third-order valence-corrected chi connectivity index (χ3v) is 8.32. The second-order valence-corrected chi connectivity index (χ2v) is 11.5. The van der Waals surface area contributed by atoms with E-state index >= 15 is 0 Å². The van der Waals surface area contributed by atoms with E-state index in [1.165, 1.54) is 0 Å². The quantitative estimate of drug-likeness (QED) is 0.204. The van der Waals surface area contributed by atoms with E-state index in [1.807, 2.05) is 79.6 Å². The van der Waals surface area contributed by atoms with Gasteiger partial charge in [-0.25, -0.2) is 4.98 Å². The van der Waals surface area contributed by atoms with Gasteiger partial charge in [-0.3, -0.25) is 14.7 Å². The number of carbonyl (C=O) groups excluding carboxylic acids is 1. The Balaban J connectivity index is 1.70. The zero-order chi connectivity index (χ0) is 31.1. The molecule has 6 rings (SSSR count). The van der Waals surface area contributed by atoms with Crippen LogP contribution in [0.15, 0.2) is 89.6 Å². The van der Waals surface area contributed by atoms with E-state index in [4.69, 9.17) is 14.7 Å². The van der Waals surface area contributed by atoms with Gasteiger partial charge in [0, 0.05) is 11.1 Å². The minimum absolute atomic E-state index is 0.133. The Morgan fingerprint density at radius 3 is 2.00 bits per heavy atom. The molecule has 220 valence electrons. The lowest BCUT2D eigenvalue weighted by Gasteiger charge is -2.25. The predicted molar refractivity (Wildman–Crippen MR) is 182 cm³/mol. The number of hydrogen-bond donors (Lipinski definition) is 1. The first-order chi connectivity index (χ1) is 21.2. The number of anilines is 2. The molecule has 2 heterocycles. The highest BCUT2D eigenvalue weighted by Gasteiger charge is 2.39. The molecule has 4 aromatic carbocycles. The van der Waals surface area contributed by atoms with Gasteiger partial charge >= 0.3 is 0 Å². The van der Waals surface area contributed by atoms with Crippen molar-refractivity contribution in [2.45, 2.75) is 41.5 Å². The van der Waals surface area contributed by atoms with Gasteiger partial charge in [0.05, 0.1) is 41.5 Å². The van der Waals surface area contributed by atoms with Crippen LogP contribution in [-0.2, 0) is 0 Å². The summed E-state index contributed by atoms with van der Waals surface area (Å²) in [5.74, 6) is 0.580. The zero-order valence-corrected chi connectivity index (χ0v) is 26.2. The average molecular weight is 581 g/mol. The summed E-state index contributed by atoms with van der Waals surface area (Å²) in [7, 11) is 1.64. The summed E-state index contributed by atoms with van der Waals surface area (Å²) in [6, 6.07) is 26.1. The minimum Gasteiger partial charge on any atom is -0.497 e. The second kappa shape index (κ2) is 11.5. The number of ether oxygens (including phenoxy) is 1. The van der Waals surface area contributed by atoms with Gasteiger partial charge in [-0.2, -0.15) is 0 Å². The maximum atomic E-state index is 14.5. The molecule has 0 spiro atoms. The molecule has 6 nitrogen and oxygen atoms in total. The Morgan fingerprint density at radius 1 is 0.795 bits per heavy atom. The number of benzene rings is 4. The molecule has 1 amide bonds. The summed E-state index contributed by atoms with van der Waals surface area (Å²) in [5, 5.41) is 4.55. The van der Waals surface area contributed by atoms with Crippen LogP contribution in [0, 0.1) is 41.5 Å². The van der Waals surface area contributed by atoms with Crippen molar-refractivity contribution in [3.05, 3.63) is 129 Å². The van der Waals surface area contributed by atoms with Gasteiger partial charge in [-0.05, 0) is 99.2 Å². The van der Waals surface area contributed by atoms with Crippen molar-refractivity contribution in [1.82, 2.24) is 4.98 Å². The molecule has 1 N–H and O–H groups in total. The zero-order valence-electron chi connectivity index (χ0n) is 26.2. The molecule has 0 saturated heterocycles. The Labute approximate surface area is 258 Å². The summed E-state index contributed by atoms with van der Waals surface area (Å²) in [4.78, 5) is 26.5. The first-order valence-corrected chi connectivity index (χ1v) is 14.8. The smallest absolute Gasteiger partial charge is 0.265 e. The molecule has 0 aliphatic carbocycles. The second-order valence-electron chi connectivity index (χ2n) is 11.5. The number of aromatic nitrogens is 1. The van der Waals surface area contributed by atoms with Gasteiger partial charge in [0.15, 0.2) is 0 Å². The van der Waals surface area contributed by atoms with Crippen LogP contribution in [-0.4, -0.2) is 24.2 Å². The third kappa shape index (κ3) is 5.02. The highest BCUT2D eigenvalue weighted by atomic mass is 16.5. The standard InChI is InChI=1S/C38H36N4O2/c1-22-11-8-12-23(2)33(22)39-21-32(41-34-24(3)13-9-14-25(34)4)37-35-30(20-28-19-29(44-7)17-18-31(28)40-35)38(43)42(37)36-26(5)15-10-16-27(36)6/h8-21,41H,1-7H3/b37-32-,39-21?. The topological polar surface area (TPSA) is 66.8 Å². The van der Waals surface area contributed by atoms with E-state index in [9.17, 15) is 4.79 Å². The number of aliphatic imine (C=N–C) groups is 1. The van der Waals surface area contributed by atoms with Crippen LogP contribution in [0.2, 0.25) is 0 Å². The van der Waals surface area contributed by atoms with E-state index in [2.05, 4.69) is 57.3 Å². The number of hydrogen-bond acceptors (Lipinski definition) is 5. The minimum atomic E-state index is -0.133. The molecular formula is C38H36N4O2. The molecule has 6 heteroatoms. The molecule has 1 aromatic heterocycles. The van der Waals surface area contributed by atoms with Gasteiger partial charge in [0.1, 0.15) is 17.1 Å². The highest BCUT2D eigenvalue weighted by molar-refractivity contribution is 6.25. The van der Waals surface area contributed by atoms with Crippen molar-refractivity contribution >= 4 is 45.8 Å². The number of amides is 1. The number of nitrogens with one attached hydrogen (secondary N) is 1. The first-order valence-electron chi connectivity index (χ1n) is 14.8. The van der Waals surface area contributed by atoms with Crippen molar-refractivity contribution in [2.24, 2.45) is 4.99 Å². The van der Waals surface area contributed by atoms with Gasteiger partial charge < -0.3 is 10.1 Å². The Kier molecular flexibility index (Phi) is 7.52. The first kappa shape index (κ1) is 28.9. The lowest BCUT2D eigenvalue weighted by molar-refractivity contribution is 0.101. The maximum Gasteiger partial charge on any atom is 0.265 e. The van der Waals surface area contributed by atoms with Crippen molar-refractivity contribution in [2.75, 3.05) is 17.3 Å². The fourth-order valence-electron chi connectivity index (χ4n) is 6.01.